The monoisotopic (exact) mass is 428 g/mol. The highest BCUT2D eigenvalue weighted by molar-refractivity contribution is 5.85. The Morgan fingerprint density at radius 3 is 2.09 bits per heavy atom. The van der Waals surface area contributed by atoms with Crippen molar-refractivity contribution in [2.45, 2.75) is 32.6 Å². The minimum absolute atomic E-state index is 0.912. The molecule has 33 heavy (non-hydrogen) atoms. The molecule has 0 spiro atoms. The first-order chi connectivity index (χ1) is 16.3. The van der Waals surface area contributed by atoms with E-state index < -0.39 is 0 Å². The van der Waals surface area contributed by atoms with Crippen LogP contribution in [0.2, 0.25) is 0 Å². The molecule has 3 aromatic carbocycles. The van der Waals surface area contributed by atoms with Gasteiger partial charge in [0.1, 0.15) is 0 Å². The second-order valence-corrected chi connectivity index (χ2v) is 9.20. The van der Waals surface area contributed by atoms with Gasteiger partial charge in [-0.1, -0.05) is 72.3 Å². The van der Waals surface area contributed by atoms with Crippen LogP contribution in [0.15, 0.2) is 83.9 Å². The average molecular weight is 429 g/mol. The molecule has 2 nitrogen and oxygen atoms in total. The number of benzene rings is 3. The van der Waals surface area contributed by atoms with Crippen LogP contribution in [0, 0.1) is 6.92 Å². The van der Waals surface area contributed by atoms with Gasteiger partial charge in [-0.15, -0.1) is 0 Å². The van der Waals surface area contributed by atoms with Crippen LogP contribution in [0.1, 0.15) is 45.6 Å². The Kier molecular flexibility index (Phi) is 5.07. The van der Waals surface area contributed by atoms with Crippen molar-refractivity contribution in [2.24, 2.45) is 4.99 Å². The maximum absolute atomic E-state index is 4.58. The smallest absolute Gasteiger partial charge is 0.0676 e. The van der Waals surface area contributed by atoms with E-state index in [4.69, 9.17) is 0 Å². The summed E-state index contributed by atoms with van der Waals surface area (Å²) in [7, 11) is 0. The van der Waals surface area contributed by atoms with Crippen LogP contribution in [0.25, 0.3) is 22.9 Å². The first-order valence-corrected chi connectivity index (χ1v) is 11.9. The largest absolute Gasteiger partial charge is 0.308 e. The standard InChI is InChI=1S/C31H28N2/c1-22-6-12-25(13-7-22)26-14-8-23(9-15-26)20-24-10-16-27(17-11-24)33-30-5-3-2-4-28(30)29-18-19-32-21-31(29)33/h3,5-17,21H,2,4,18-20H2,1H3. The summed E-state index contributed by atoms with van der Waals surface area (Å²) in [5.41, 5.74) is 13.4. The van der Waals surface area contributed by atoms with Crippen LogP contribution < -0.4 is 0 Å². The predicted molar refractivity (Wildman–Crippen MR) is 139 cm³/mol. The van der Waals surface area contributed by atoms with Crippen LogP contribution in [-0.4, -0.2) is 17.3 Å². The summed E-state index contributed by atoms with van der Waals surface area (Å²) in [4.78, 5) is 4.58. The Bertz CT molecular complexity index is 1310. The summed E-state index contributed by atoms with van der Waals surface area (Å²) in [5, 5.41) is 0. The van der Waals surface area contributed by atoms with E-state index in [1.807, 2.05) is 0 Å². The fraction of sp³-hybridized carbons (Fsp3) is 0.194. The highest BCUT2D eigenvalue weighted by atomic mass is 15.0. The molecule has 1 aliphatic carbocycles. The Morgan fingerprint density at radius 2 is 1.36 bits per heavy atom. The molecule has 162 valence electrons. The zero-order valence-electron chi connectivity index (χ0n) is 19.1. The first kappa shape index (κ1) is 20.0. The van der Waals surface area contributed by atoms with Gasteiger partial charge in [0.25, 0.3) is 0 Å². The summed E-state index contributed by atoms with van der Waals surface area (Å²) in [5.74, 6) is 0. The fourth-order valence-electron chi connectivity index (χ4n) is 5.17. The normalized spacial score (nSPS) is 14.2. The van der Waals surface area contributed by atoms with Crippen LogP contribution >= 0.6 is 0 Å². The third kappa shape index (κ3) is 3.76. The van der Waals surface area contributed by atoms with Gasteiger partial charge < -0.3 is 4.57 Å². The van der Waals surface area contributed by atoms with E-state index in [0.717, 1.165) is 32.2 Å². The van der Waals surface area contributed by atoms with E-state index in [1.165, 1.54) is 56.0 Å². The fourth-order valence-corrected chi connectivity index (χ4v) is 5.17. The van der Waals surface area contributed by atoms with Crippen molar-refractivity contribution in [3.8, 4) is 16.8 Å². The van der Waals surface area contributed by atoms with Gasteiger partial charge in [0, 0.05) is 24.1 Å². The maximum Gasteiger partial charge on any atom is 0.0676 e. The minimum atomic E-state index is 0.912. The van der Waals surface area contributed by atoms with Crippen LogP contribution in [0.4, 0.5) is 0 Å². The molecule has 2 heterocycles. The second kappa shape index (κ2) is 8.37. The molecule has 0 fully saturated rings. The molecule has 0 atom stereocenters. The second-order valence-electron chi connectivity index (χ2n) is 9.20. The van der Waals surface area contributed by atoms with E-state index in [0.29, 0.717) is 0 Å². The molecule has 0 radical (unpaired) electrons. The molecule has 4 aromatic rings. The molecule has 6 rings (SSSR count). The number of aliphatic imine (C=N–C) groups is 1. The molecule has 0 saturated heterocycles. The van der Waals surface area contributed by atoms with Crippen molar-refractivity contribution >= 4 is 12.3 Å². The summed E-state index contributed by atoms with van der Waals surface area (Å²) in [6.07, 6.45) is 11.0. The summed E-state index contributed by atoms with van der Waals surface area (Å²) in [6, 6.07) is 26.8. The molecule has 0 unspecified atom stereocenters. The van der Waals surface area contributed by atoms with Crippen molar-refractivity contribution in [1.82, 2.24) is 4.57 Å². The number of hydrogen-bond donors (Lipinski definition) is 0. The first-order valence-electron chi connectivity index (χ1n) is 11.9. The lowest BCUT2D eigenvalue weighted by molar-refractivity contribution is 0.907. The molecule has 0 bridgehead atoms. The summed E-state index contributed by atoms with van der Waals surface area (Å²) >= 11 is 0. The Balaban J connectivity index is 1.25. The average Bonchev–Trinajstić information content (AvgIpc) is 3.20. The number of hydrogen-bond acceptors (Lipinski definition) is 1. The molecular formula is C31H28N2. The SMILES string of the molecule is Cc1ccc(-c2ccc(Cc3ccc(-n4c5c(c6c4C=NCC6)CCC=C5)cc3)cc2)cc1. The Morgan fingerprint density at radius 1 is 0.727 bits per heavy atom. The number of aryl methyl sites for hydroxylation is 1. The van der Waals surface area contributed by atoms with Gasteiger partial charge in [0.2, 0.25) is 0 Å². The van der Waals surface area contributed by atoms with E-state index in [9.17, 15) is 0 Å². The van der Waals surface area contributed by atoms with Gasteiger partial charge in [-0.25, -0.2) is 0 Å². The van der Waals surface area contributed by atoms with Gasteiger partial charge in [-0.05, 0) is 84.2 Å². The zero-order chi connectivity index (χ0) is 22.2. The minimum Gasteiger partial charge on any atom is -0.308 e. The molecule has 0 N–H and O–H groups in total. The number of aromatic nitrogens is 1. The van der Waals surface area contributed by atoms with Gasteiger partial charge in [0.05, 0.1) is 5.69 Å². The van der Waals surface area contributed by atoms with Crippen molar-refractivity contribution in [1.29, 1.82) is 0 Å². The molecule has 0 amide bonds. The lowest BCUT2D eigenvalue weighted by atomic mass is 9.97. The number of nitrogens with zero attached hydrogens (tertiary/aromatic N) is 2. The number of rotatable bonds is 4. The lowest BCUT2D eigenvalue weighted by Gasteiger charge is -2.14. The third-order valence-corrected chi connectivity index (χ3v) is 6.95. The van der Waals surface area contributed by atoms with Crippen LogP contribution in [0.5, 0.6) is 0 Å². The third-order valence-electron chi connectivity index (χ3n) is 6.95. The Labute approximate surface area is 196 Å². The molecule has 2 heteroatoms. The number of fused-ring (bicyclic) bond motifs is 3. The van der Waals surface area contributed by atoms with Gasteiger partial charge in [-0.2, -0.15) is 0 Å². The lowest BCUT2D eigenvalue weighted by Crippen LogP contribution is -2.07. The van der Waals surface area contributed by atoms with Crippen molar-refractivity contribution in [2.75, 3.05) is 6.54 Å². The highest BCUT2D eigenvalue weighted by Crippen LogP contribution is 2.33. The van der Waals surface area contributed by atoms with Gasteiger partial charge in [0.15, 0.2) is 0 Å². The van der Waals surface area contributed by atoms with Crippen LogP contribution in [-0.2, 0) is 19.3 Å². The van der Waals surface area contributed by atoms with Crippen molar-refractivity contribution < 1.29 is 0 Å². The summed E-state index contributed by atoms with van der Waals surface area (Å²) in [6.45, 7) is 3.04. The van der Waals surface area contributed by atoms with E-state index in [-0.39, 0.29) is 0 Å². The van der Waals surface area contributed by atoms with Gasteiger partial charge >= 0.3 is 0 Å². The van der Waals surface area contributed by atoms with Gasteiger partial charge in [-0.3, -0.25) is 4.99 Å². The zero-order valence-corrected chi connectivity index (χ0v) is 19.1. The number of allylic oxidation sites excluding steroid dienone is 1. The molecule has 1 aromatic heterocycles. The highest BCUT2D eigenvalue weighted by Gasteiger charge is 2.23. The van der Waals surface area contributed by atoms with Crippen molar-refractivity contribution in [3.05, 3.63) is 118 Å². The molecular weight excluding hydrogens is 400 g/mol. The summed E-state index contributed by atoms with van der Waals surface area (Å²) < 4.78 is 2.41. The van der Waals surface area contributed by atoms with Crippen LogP contribution in [0.3, 0.4) is 0 Å². The molecule has 1 aliphatic heterocycles. The Hall–Kier alpha value is -3.65. The van der Waals surface area contributed by atoms with E-state index >= 15 is 0 Å². The molecule has 0 saturated carbocycles. The topological polar surface area (TPSA) is 17.3 Å². The van der Waals surface area contributed by atoms with Crippen molar-refractivity contribution in [3.63, 3.8) is 0 Å². The predicted octanol–water partition coefficient (Wildman–Crippen LogP) is 6.98. The quantitative estimate of drug-likeness (QED) is 0.334. The maximum atomic E-state index is 4.58. The molecule has 2 aliphatic rings. The van der Waals surface area contributed by atoms with E-state index in [2.05, 4.69) is 108 Å². The van der Waals surface area contributed by atoms with E-state index in [1.54, 1.807) is 0 Å².